The summed E-state index contributed by atoms with van der Waals surface area (Å²) < 4.78 is 38.8. The highest BCUT2D eigenvalue weighted by Gasteiger charge is 2.16. The summed E-state index contributed by atoms with van der Waals surface area (Å²) in [5.74, 6) is 0.366. The molecule has 3 rings (SSSR count). The van der Waals surface area contributed by atoms with Gasteiger partial charge in [-0.2, -0.15) is 0 Å². The monoisotopic (exact) mass is 662 g/mol. The summed E-state index contributed by atoms with van der Waals surface area (Å²) in [6.45, 7) is 14.1. The largest absolute Gasteiger partial charge is 0.490 e. The Morgan fingerprint density at radius 1 is 0.667 bits per heavy atom. The molecule has 4 unspecified atom stereocenters. The molecule has 0 radical (unpaired) electrons. The van der Waals surface area contributed by atoms with Crippen molar-refractivity contribution in [2.75, 3.05) is 33.0 Å². The molecular weight excluding hydrogens is 616 g/mol. The number of carbonyl (C=O) groups excluding carboxylic acids is 3. The lowest BCUT2D eigenvalue weighted by Crippen LogP contribution is -2.28. The van der Waals surface area contributed by atoms with Crippen LogP contribution in [-0.2, 0) is 28.5 Å². The SMILES string of the molecule is C=CC(=O)OCCOc1ccc(-c2ccc(OC(=O)c3ccc(OC(C)COC(C)COC(C)COC(=O)C(C)CC)cc3)cc2)cc1. The van der Waals surface area contributed by atoms with Crippen molar-refractivity contribution >= 4 is 17.9 Å². The molecule has 10 heteroatoms. The number of rotatable bonds is 20. The zero-order chi connectivity index (χ0) is 34.9. The van der Waals surface area contributed by atoms with E-state index in [9.17, 15) is 14.4 Å². The minimum absolute atomic E-state index is 0.120. The predicted molar refractivity (Wildman–Crippen MR) is 181 cm³/mol. The molecule has 0 amide bonds. The van der Waals surface area contributed by atoms with Gasteiger partial charge in [-0.15, -0.1) is 0 Å². The van der Waals surface area contributed by atoms with E-state index < -0.39 is 11.9 Å². The first-order valence-corrected chi connectivity index (χ1v) is 16.1. The number of hydrogen-bond acceptors (Lipinski definition) is 10. The third-order valence-electron chi connectivity index (χ3n) is 7.15. The standard InChI is InChI=1S/C38H46O10/c1-7-26(3)37(40)46-24-28(5)44-23-27(4)45-25-29(6)47-34-19-13-32(14-20-34)38(41)48-35-17-11-31(12-18-35)30-9-15-33(16-10-30)42-21-22-43-36(39)8-2/h8-20,26-29H,2,7,21-25H2,1,3-6H3. The van der Waals surface area contributed by atoms with Crippen molar-refractivity contribution in [1.82, 2.24) is 0 Å². The minimum atomic E-state index is -0.487. The van der Waals surface area contributed by atoms with Crippen molar-refractivity contribution in [2.24, 2.45) is 5.92 Å². The van der Waals surface area contributed by atoms with E-state index in [4.69, 9.17) is 33.2 Å². The van der Waals surface area contributed by atoms with Crippen LogP contribution >= 0.6 is 0 Å². The van der Waals surface area contributed by atoms with Gasteiger partial charge in [0.15, 0.2) is 0 Å². The van der Waals surface area contributed by atoms with E-state index in [2.05, 4.69) is 6.58 Å². The first kappa shape index (κ1) is 37.8. The van der Waals surface area contributed by atoms with Crippen molar-refractivity contribution in [3.8, 4) is 28.4 Å². The molecule has 0 aliphatic carbocycles. The number of ether oxygens (including phenoxy) is 7. The van der Waals surface area contributed by atoms with Gasteiger partial charge in [0.25, 0.3) is 0 Å². The third-order valence-corrected chi connectivity index (χ3v) is 7.15. The Labute approximate surface area is 282 Å². The van der Waals surface area contributed by atoms with Gasteiger partial charge in [0, 0.05) is 6.08 Å². The molecule has 48 heavy (non-hydrogen) atoms. The maximum atomic E-state index is 12.7. The average Bonchev–Trinajstić information content (AvgIpc) is 3.10. The van der Waals surface area contributed by atoms with E-state index in [-0.39, 0.29) is 50.0 Å². The van der Waals surface area contributed by atoms with Crippen molar-refractivity contribution in [3.63, 3.8) is 0 Å². The molecule has 0 saturated carbocycles. The molecule has 10 nitrogen and oxygen atoms in total. The second-order valence-electron chi connectivity index (χ2n) is 11.3. The van der Waals surface area contributed by atoms with Gasteiger partial charge in [-0.1, -0.05) is 44.7 Å². The van der Waals surface area contributed by atoms with Gasteiger partial charge >= 0.3 is 17.9 Å². The van der Waals surface area contributed by atoms with E-state index in [0.29, 0.717) is 36.0 Å². The van der Waals surface area contributed by atoms with Crippen LogP contribution in [0.15, 0.2) is 85.5 Å². The maximum Gasteiger partial charge on any atom is 0.343 e. The molecule has 0 aliphatic heterocycles. The van der Waals surface area contributed by atoms with E-state index in [1.54, 1.807) is 36.4 Å². The molecule has 0 N–H and O–H groups in total. The van der Waals surface area contributed by atoms with Gasteiger partial charge in [0.1, 0.15) is 43.2 Å². The lowest BCUT2D eigenvalue weighted by Gasteiger charge is -2.21. The van der Waals surface area contributed by atoms with Crippen LogP contribution in [-0.4, -0.2) is 69.3 Å². The van der Waals surface area contributed by atoms with Crippen LogP contribution in [0.3, 0.4) is 0 Å². The summed E-state index contributed by atoms with van der Waals surface area (Å²) in [5, 5.41) is 0. The predicted octanol–water partition coefficient (Wildman–Crippen LogP) is 6.85. The highest BCUT2D eigenvalue weighted by molar-refractivity contribution is 5.91. The van der Waals surface area contributed by atoms with Crippen LogP contribution < -0.4 is 14.2 Å². The Morgan fingerprint density at radius 3 is 1.79 bits per heavy atom. The molecule has 258 valence electrons. The Kier molecular flexibility index (Phi) is 15.6. The molecular formula is C38H46O10. The number of esters is 3. The number of benzene rings is 3. The quantitative estimate of drug-likeness (QED) is 0.0551. The lowest BCUT2D eigenvalue weighted by atomic mass is 10.1. The Morgan fingerprint density at radius 2 is 1.21 bits per heavy atom. The fourth-order valence-electron chi connectivity index (χ4n) is 4.13. The molecule has 4 atom stereocenters. The van der Waals surface area contributed by atoms with E-state index in [1.165, 1.54) is 0 Å². The Balaban J connectivity index is 1.37. The highest BCUT2D eigenvalue weighted by atomic mass is 16.6. The van der Waals surface area contributed by atoms with Crippen molar-refractivity contribution in [3.05, 3.63) is 91.0 Å². The molecule has 3 aromatic carbocycles. The summed E-state index contributed by atoms with van der Waals surface area (Å²) in [4.78, 5) is 35.6. The minimum Gasteiger partial charge on any atom is -0.490 e. The van der Waals surface area contributed by atoms with E-state index >= 15 is 0 Å². The number of hydrogen-bond donors (Lipinski definition) is 0. The lowest BCUT2D eigenvalue weighted by molar-refractivity contribution is -0.152. The molecule has 3 aromatic rings. The van der Waals surface area contributed by atoms with Crippen LogP contribution in [0.4, 0.5) is 0 Å². The zero-order valence-electron chi connectivity index (χ0n) is 28.3. The normalized spacial score (nSPS) is 13.4. The fraction of sp³-hybridized carbons (Fsp3) is 0.395. The van der Waals surface area contributed by atoms with Gasteiger partial charge in [0.2, 0.25) is 0 Å². The maximum absolute atomic E-state index is 12.7. The number of carbonyl (C=O) groups is 3. The van der Waals surface area contributed by atoms with Crippen LogP contribution in [0.2, 0.25) is 0 Å². The van der Waals surface area contributed by atoms with Crippen LogP contribution in [0.1, 0.15) is 51.4 Å². The summed E-state index contributed by atoms with van der Waals surface area (Å²) in [5.41, 5.74) is 2.29. The van der Waals surface area contributed by atoms with Gasteiger partial charge in [-0.3, -0.25) is 4.79 Å². The van der Waals surface area contributed by atoms with Crippen LogP contribution in [0.25, 0.3) is 11.1 Å². The topological polar surface area (TPSA) is 116 Å². The van der Waals surface area contributed by atoms with Crippen molar-refractivity contribution < 1.29 is 47.5 Å². The first-order chi connectivity index (χ1) is 23.1. The first-order valence-electron chi connectivity index (χ1n) is 16.1. The van der Waals surface area contributed by atoms with Crippen LogP contribution in [0.5, 0.6) is 17.2 Å². The van der Waals surface area contributed by atoms with Gasteiger partial charge in [0.05, 0.1) is 36.9 Å². The Hall–Kier alpha value is -4.67. The van der Waals surface area contributed by atoms with Gasteiger partial charge < -0.3 is 33.2 Å². The molecule has 0 fully saturated rings. The second-order valence-corrected chi connectivity index (χ2v) is 11.3. The molecule has 0 spiro atoms. The van der Waals surface area contributed by atoms with Crippen molar-refractivity contribution in [1.29, 1.82) is 0 Å². The smallest absolute Gasteiger partial charge is 0.343 e. The highest BCUT2D eigenvalue weighted by Crippen LogP contribution is 2.25. The second kappa shape index (κ2) is 19.9. The zero-order valence-corrected chi connectivity index (χ0v) is 28.3. The summed E-state index contributed by atoms with van der Waals surface area (Å²) in [6.07, 6.45) is 1.19. The average molecular weight is 663 g/mol. The fourth-order valence-corrected chi connectivity index (χ4v) is 4.13. The summed E-state index contributed by atoms with van der Waals surface area (Å²) >= 11 is 0. The molecule has 0 aliphatic rings. The van der Waals surface area contributed by atoms with Gasteiger partial charge in [-0.05, 0) is 86.8 Å². The third kappa shape index (κ3) is 13.2. The Bertz CT molecular complexity index is 1430. The summed E-state index contributed by atoms with van der Waals surface area (Å²) in [6, 6.07) is 21.4. The summed E-state index contributed by atoms with van der Waals surface area (Å²) in [7, 11) is 0. The van der Waals surface area contributed by atoms with E-state index in [0.717, 1.165) is 23.6 Å². The molecule has 0 saturated heterocycles. The van der Waals surface area contributed by atoms with Crippen LogP contribution in [0, 0.1) is 5.92 Å². The van der Waals surface area contributed by atoms with E-state index in [1.807, 2.05) is 71.0 Å². The molecule has 0 heterocycles. The van der Waals surface area contributed by atoms with Crippen molar-refractivity contribution in [2.45, 2.75) is 59.4 Å². The van der Waals surface area contributed by atoms with Gasteiger partial charge in [-0.25, -0.2) is 9.59 Å². The molecule has 0 bridgehead atoms. The molecule has 0 aromatic heterocycles.